The van der Waals surface area contributed by atoms with Crippen LogP contribution in [0.2, 0.25) is 0 Å². The number of aryl methyl sites for hydroxylation is 1. The van der Waals surface area contributed by atoms with Crippen LogP contribution in [0.5, 0.6) is 0 Å². The number of anilines is 1. The van der Waals surface area contributed by atoms with Gasteiger partial charge in [0.1, 0.15) is 11.5 Å². The van der Waals surface area contributed by atoms with Crippen LogP contribution in [0, 0.1) is 6.92 Å². The molecule has 4 aromatic rings. The van der Waals surface area contributed by atoms with Crippen LogP contribution in [-0.4, -0.2) is 56.0 Å². The number of hydrogen-bond acceptors (Lipinski definition) is 7. The predicted molar refractivity (Wildman–Crippen MR) is 137 cm³/mol. The summed E-state index contributed by atoms with van der Waals surface area (Å²) in [6.45, 7) is 10.0. The fraction of sp³-hybridized carbons (Fsp3) is 0.407. The molecule has 188 valence electrons. The smallest absolute Gasteiger partial charge is 0.278 e. The van der Waals surface area contributed by atoms with E-state index in [1.165, 1.54) is 39.8 Å². The number of alkyl halides is 1. The summed E-state index contributed by atoms with van der Waals surface area (Å²) in [6, 6.07) is 13.1. The van der Waals surface area contributed by atoms with E-state index < -0.39 is 5.67 Å². The van der Waals surface area contributed by atoms with Crippen LogP contribution < -0.4 is 5.32 Å². The molecule has 1 aliphatic rings. The molecule has 8 nitrogen and oxygen atoms in total. The molecule has 4 heterocycles. The van der Waals surface area contributed by atoms with Crippen LogP contribution in [0.4, 0.5) is 10.2 Å². The first kappa shape index (κ1) is 24.1. The Hall–Kier alpha value is -3.59. The SMILES string of the molecule is Cc1cc(-c2nc(-c3ccc(C(C)(C)F)cc3)no2)nn1Cc1ccc(NCCN2CCCC2)nc1. The average molecular weight is 490 g/mol. The molecule has 1 saturated heterocycles. The number of likely N-dealkylation sites (tertiary alicyclic amines) is 1. The second-order valence-corrected chi connectivity index (χ2v) is 9.83. The van der Waals surface area contributed by atoms with Gasteiger partial charge in [0.05, 0.1) is 6.54 Å². The highest BCUT2D eigenvalue weighted by Gasteiger charge is 2.20. The molecule has 1 N–H and O–H groups in total. The van der Waals surface area contributed by atoms with Crippen molar-refractivity contribution in [3.8, 4) is 23.0 Å². The van der Waals surface area contributed by atoms with Gasteiger partial charge in [0.15, 0.2) is 5.69 Å². The third-order valence-electron chi connectivity index (χ3n) is 6.55. The Morgan fingerprint density at radius 3 is 2.56 bits per heavy atom. The van der Waals surface area contributed by atoms with E-state index in [4.69, 9.17) is 4.52 Å². The zero-order valence-corrected chi connectivity index (χ0v) is 21.0. The number of nitrogens with one attached hydrogen (secondary N) is 1. The van der Waals surface area contributed by atoms with Crippen molar-refractivity contribution < 1.29 is 8.91 Å². The van der Waals surface area contributed by atoms with Crippen molar-refractivity contribution >= 4 is 5.82 Å². The number of nitrogens with zero attached hydrogens (tertiary/aromatic N) is 6. The molecular formula is C27H32FN7O. The maximum absolute atomic E-state index is 14.1. The quantitative estimate of drug-likeness (QED) is 0.352. The average Bonchev–Trinajstić information content (AvgIpc) is 3.62. The topological polar surface area (TPSA) is 84.9 Å². The summed E-state index contributed by atoms with van der Waals surface area (Å²) in [5.74, 6) is 1.67. The van der Waals surface area contributed by atoms with E-state index in [2.05, 4.69) is 36.5 Å². The minimum atomic E-state index is -1.40. The molecule has 1 aromatic carbocycles. The molecule has 0 radical (unpaired) electrons. The van der Waals surface area contributed by atoms with Gasteiger partial charge in [-0.05, 0) is 70.0 Å². The summed E-state index contributed by atoms with van der Waals surface area (Å²) >= 11 is 0. The lowest BCUT2D eigenvalue weighted by molar-refractivity contribution is 0.221. The fourth-order valence-corrected chi connectivity index (χ4v) is 4.38. The van der Waals surface area contributed by atoms with E-state index in [1.54, 1.807) is 24.3 Å². The number of pyridine rings is 1. The van der Waals surface area contributed by atoms with Crippen LogP contribution in [0.1, 0.15) is 43.5 Å². The van der Waals surface area contributed by atoms with Gasteiger partial charge in [0.2, 0.25) is 5.82 Å². The van der Waals surface area contributed by atoms with Gasteiger partial charge in [-0.1, -0.05) is 35.5 Å². The summed E-state index contributed by atoms with van der Waals surface area (Å²) in [5, 5.41) is 12.2. The van der Waals surface area contributed by atoms with Gasteiger partial charge in [-0.3, -0.25) is 4.68 Å². The van der Waals surface area contributed by atoms with E-state index in [0.717, 1.165) is 35.7 Å². The van der Waals surface area contributed by atoms with Crippen molar-refractivity contribution in [2.24, 2.45) is 0 Å². The molecular weight excluding hydrogens is 457 g/mol. The van der Waals surface area contributed by atoms with Crippen molar-refractivity contribution in [3.63, 3.8) is 0 Å². The summed E-state index contributed by atoms with van der Waals surface area (Å²) < 4.78 is 21.5. The molecule has 0 atom stereocenters. The molecule has 1 fully saturated rings. The summed E-state index contributed by atoms with van der Waals surface area (Å²) in [5.41, 5.74) is 2.61. The highest BCUT2D eigenvalue weighted by atomic mass is 19.1. The molecule has 5 rings (SSSR count). The van der Waals surface area contributed by atoms with Gasteiger partial charge in [-0.25, -0.2) is 9.37 Å². The Morgan fingerprint density at radius 2 is 1.86 bits per heavy atom. The summed E-state index contributed by atoms with van der Waals surface area (Å²) in [6.07, 6.45) is 4.50. The Labute approximate surface area is 210 Å². The van der Waals surface area contributed by atoms with Gasteiger partial charge < -0.3 is 14.7 Å². The highest BCUT2D eigenvalue weighted by molar-refractivity contribution is 5.58. The van der Waals surface area contributed by atoms with Crippen molar-refractivity contribution in [1.82, 2.24) is 29.8 Å². The monoisotopic (exact) mass is 489 g/mol. The van der Waals surface area contributed by atoms with E-state index in [9.17, 15) is 4.39 Å². The molecule has 0 saturated carbocycles. The van der Waals surface area contributed by atoms with Gasteiger partial charge in [0.25, 0.3) is 5.89 Å². The summed E-state index contributed by atoms with van der Waals surface area (Å²) in [7, 11) is 0. The van der Waals surface area contributed by atoms with E-state index in [-0.39, 0.29) is 0 Å². The first-order valence-corrected chi connectivity index (χ1v) is 12.4. The molecule has 0 amide bonds. The number of rotatable bonds is 9. The zero-order chi connectivity index (χ0) is 25.1. The molecule has 0 aliphatic carbocycles. The van der Waals surface area contributed by atoms with Gasteiger partial charge in [-0.2, -0.15) is 10.1 Å². The second kappa shape index (κ2) is 10.2. The normalized spacial score (nSPS) is 14.4. The fourth-order valence-electron chi connectivity index (χ4n) is 4.38. The van der Waals surface area contributed by atoms with Crippen LogP contribution in [-0.2, 0) is 12.2 Å². The van der Waals surface area contributed by atoms with Crippen LogP contribution >= 0.6 is 0 Å². The number of halogens is 1. The maximum Gasteiger partial charge on any atom is 0.278 e. The minimum Gasteiger partial charge on any atom is -0.369 e. The molecule has 36 heavy (non-hydrogen) atoms. The van der Waals surface area contributed by atoms with Gasteiger partial charge >= 0.3 is 0 Å². The molecule has 1 aliphatic heterocycles. The first-order chi connectivity index (χ1) is 17.3. The van der Waals surface area contributed by atoms with Crippen molar-refractivity contribution in [2.45, 2.75) is 45.8 Å². The number of aromatic nitrogens is 5. The highest BCUT2D eigenvalue weighted by Crippen LogP contribution is 2.28. The lowest BCUT2D eigenvalue weighted by Gasteiger charge is -2.15. The molecule has 9 heteroatoms. The minimum absolute atomic E-state index is 0.345. The first-order valence-electron chi connectivity index (χ1n) is 12.4. The van der Waals surface area contributed by atoms with Crippen molar-refractivity contribution in [2.75, 3.05) is 31.5 Å². The zero-order valence-electron chi connectivity index (χ0n) is 21.0. The summed E-state index contributed by atoms with van der Waals surface area (Å²) in [4.78, 5) is 11.5. The Kier molecular flexibility index (Phi) is 6.82. The van der Waals surface area contributed by atoms with Crippen LogP contribution in [0.15, 0.2) is 53.2 Å². The lowest BCUT2D eigenvalue weighted by atomic mass is 9.99. The van der Waals surface area contributed by atoms with Crippen LogP contribution in [0.25, 0.3) is 23.0 Å². The van der Waals surface area contributed by atoms with E-state index >= 15 is 0 Å². The van der Waals surface area contributed by atoms with Gasteiger partial charge in [-0.15, -0.1) is 0 Å². The van der Waals surface area contributed by atoms with Crippen molar-refractivity contribution in [3.05, 3.63) is 65.5 Å². The Morgan fingerprint density at radius 1 is 1.08 bits per heavy atom. The number of benzene rings is 1. The third-order valence-corrected chi connectivity index (χ3v) is 6.55. The number of hydrogen-bond donors (Lipinski definition) is 1. The van der Waals surface area contributed by atoms with Gasteiger partial charge in [0, 0.05) is 30.5 Å². The lowest BCUT2D eigenvalue weighted by Crippen LogP contribution is -2.26. The van der Waals surface area contributed by atoms with E-state index in [1.807, 2.05) is 29.9 Å². The Balaban J connectivity index is 1.21. The van der Waals surface area contributed by atoms with Crippen molar-refractivity contribution in [1.29, 1.82) is 0 Å². The second-order valence-electron chi connectivity index (χ2n) is 9.83. The Bertz CT molecular complexity index is 1280. The molecule has 0 unspecified atom stereocenters. The molecule has 0 bridgehead atoms. The predicted octanol–water partition coefficient (Wildman–Crippen LogP) is 5.06. The molecule has 0 spiro atoms. The molecule has 3 aromatic heterocycles. The third kappa shape index (κ3) is 5.62. The largest absolute Gasteiger partial charge is 0.369 e. The van der Waals surface area contributed by atoms with E-state index in [0.29, 0.717) is 29.5 Å². The maximum atomic E-state index is 14.1. The standard InChI is InChI=1S/C27H32FN7O/c1-19-16-23(26-31-25(33-36-26)21-7-9-22(10-8-21)27(2,3)28)32-35(19)18-20-6-11-24(30-17-20)29-12-15-34-13-4-5-14-34/h6-11,16-17H,4-5,12-15,18H2,1-3H3,(H,29,30). The van der Waals surface area contributed by atoms with Crippen LogP contribution in [0.3, 0.4) is 0 Å².